The molecular weight excluding hydrogens is 296 g/mol. The van der Waals surface area contributed by atoms with Crippen LogP contribution in [0.4, 0.5) is 0 Å². The minimum absolute atomic E-state index is 0.126. The summed E-state index contributed by atoms with van der Waals surface area (Å²) >= 11 is 0. The van der Waals surface area contributed by atoms with Gasteiger partial charge in [-0.05, 0) is 77.5 Å². The molecular formula is C22H32O2. The van der Waals surface area contributed by atoms with Crippen LogP contribution in [0, 0.1) is 0 Å². The Labute approximate surface area is 147 Å². The smallest absolute Gasteiger partial charge is 0.118 e. The molecule has 0 aliphatic carbocycles. The van der Waals surface area contributed by atoms with Gasteiger partial charge in [-0.15, -0.1) is 0 Å². The molecule has 1 saturated heterocycles. The molecule has 1 fully saturated rings. The van der Waals surface area contributed by atoms with E-state index in [1.165, 1.54) is 16.7 Å². The maximum absolute atomic E-state index is 5.64. The lowest BCUT2D eigenvalue weighted by Crippen LogP contribution is -2.02. The number of hydrogen-bond donors (Lipinski definition) is 0. The Morgan fingerprint density at radius 1 is 1.08 bits per heavy atom. The van der Waals surface area contributed by atoms with Crippen LogP contribution in [0.3, 0.4) is 0 Å². The SMILES string of the molecule is COc1ccc(C/C=C(\C)CC/C=C(\C)CCC2OC2(C)C)cc1. The summed E-state index contributed by atoms with van der Waals surface area (Å²) < 4.78 is 10.8. The molecule has 0 saturated carbocycles. The van der Waals surface area contributed by atoms with Crippen molar-refractivity contribution in [3.05, 3.63) is 53.1 Å². The monoisotopic (exact) mass is 328 g/mol. The predicted molar refractivity (Wildman–Crippen MR) is 102 cm³/mol. The van der Waals surface area contributed by atoms with Gasteiger partial charge in [0.2, 0.25) is 0 Å². The van der Waals surface area contributed by atoms with Gasteiger partial charge in [0.25, 0.3) is 0 Å². The summed E-state index contributed by atoms with van der Waals surface area (Å²) in [5.74, 6) is 0.917. The summed E-state index contributed by atoms with van der Waals surface area (Å²) in [6.07, 6.45) is 10.8. The number of hydrogen-bond acceptors (Lipinski definition) is 2. The van der Waals surface area contributed by atoms with Crippen molar-refractivity contribution in [3.63, 3.8) is 0 Å². The third-order valence-electron chi connectivity index (χ3n) is 4.84. The molecule has 0 radical (unpaired) electrons. The Hall–Kier alpha value is -1.54. The number of rotatable bonds is 9. The predicted octanol–water partition coefficient (Wildman–Crippen LogP) is 5.87. The molecule has 0 spiro atoms. The highest BCUT2D eigenvalue weighted by Crippen LogP contribution is 2.38. The highest BCUT2D eigenvalue weighted by Gasteiger charge is 2.46. The van der Waals surface area contributed by atoms with Crippen molar-refractivity contribution in [1.82, 2.24) is 0 Å². The van der Waals surface area contributed by atoms with Gasteiger partial charge in [0.05, 0.1) is 18.8 Å². The maximum Gasteiger partial charge on any atom is 0.118 e. The number of epoxide rings is 1. The molecule has 132 valence electrons. The maximum atomic E-state index is 5.64. The Bertz CT molecular complexity index is 578. The number of allylic oxidation sites excluding steroid dienone is 4. The van der Waals surface area contributed by atoms with Crippen LogP contribution in [0.15, 0.2) is 47.6 Å². The topological polar surface area (TPSA) is 21.8 Å². The summed E-state index contributed by atoms with van der Waals surface area (Å²) in [5, 5.41) is 0. The van der Waals surface area contributed by atoms with Gasteiger partial charge in [-0.1, -0.05) is 35.4 Å². The molecule has 1 aromatic rings. The summed E-state index contributed by atoms with van der Waals surface area (Å²) in [7, 11) is 1.70. The average Bonchev–Trinajstić information content (AvgIpc) is 3.18. The zero-order valence-corrected chi connectivity index (χ0v) is 15.9. The van der Waals surface area contributed by atoms with Gasteiger partial charge >= 0.3 is 0 Å². The van der Waals surface area contributed by atoms with E-state index in [4.69, 9.17) is 9.47 Å². The van der Waals surface area contributed by atoms with Gasteiger partial charge in [0, 0.05) is 0 Å². The Kier molecular flexibility index (Phi) is 6.68. The first-order valence-corrected chi connectivity index (χ1v) is 9.02. The molecule has 24 heavy (non-hydrogen) atoms. The van der Waals surface area contributed by atoms with Crippen LogP contribution in [0.1, 0.15) is 58.9 Å². The molecule has 0 amide bonds. The molecule has 1 atom stereocenters. The van der Waals surface area contributed by atoms with E-state index in [1.54, 1.807) is 7.11 Å². The number of ether oxygens (including phenoxy) is 2. The van der Waals surface area contributed by atoms with Crippen molar-refractivity contribution in [2.45, 2.75) is 71.5 Å². The second-order valence-electron chi connectivity index (χ2n) is 7.44. The molecule has 1 aromatic carbocycles. The zero-order valence-electron chi connectivity index (χ0n) is 15.9. The van der Waals surface area contributed by atoms with Crippen LogP contribution in [0.2, 0.25) is 0 Å². The molecule has 1 aliphatic rings. The fourth-order valence-corrected chi connectivity index (χ4v) is 2.90. The molecule has 2 heteroatoms. The van der Waals surface area contributed by atoms with Crippen LogP contribution in [-0.2, 0) is 11.2 Å². The van der Waals surface area contributed by atoms with Gasteiger partial charge in [-0.25, -0.2) is 0 Å². The van der Waals surface area contributed by atoms with Crippen molar-refractivity contribution in [2.75, 3.05) is 7.11 Å². The molecule has 0 N–H and O–H groups in total. The quantitative estimate of drug-likeness (QED) is 0.418. The summed E-state index contributed by atoms with van der Waals surface area (Å²) in [6.45, 7) is 8.82. The minimum atomic E-state index is 0.126. The standard InChI is InChI=1S/C22H32O2/c1-17(9-11-19-12-14-20(23-5)15-13-19)7-6-8-18(2)10-16-21-22(3,4)24-21/h8-9,12-15,21H,6-7,10-11,16H2,1-5H3/b17-9+,18-8+. The summed E-state index contributed by atoms with van der Waals surface area (Å²) in [6, 6.07) is 8.31. The second-order valence-corrected chi connectivity index (χ2v) is 7.44. The van der Waals surface area contributed by atoms with Crippen molar-refractivity contribution in [1.29, 1.82) is 0 Å². The van der Waals surface area contributed by atoms with Gasteiger partial charge in [0.15, 0.2) is 0 Å². The van der Waals surface area contributed by atoms with E-state index < -0.39 is 0 Å². The Morgan fingerprint density at radius 3 is 2.29 bits per heavy atom. The molecule has 0 bridgehead atoms. The van der Waals surface area contributed by atoms with Gasteiger partial charge in [0.1, 0.15) is 5.75 Å². The van der Waals surface area contributed by atoms with E-state index in [0.29, 0.717) is 6.10 Å². The normalized spacial score (nSPS) is 20.1. The lowest BCUT2D eigenvalue weighted by molar-refractivity contribution is 0.320. The molecule has 1 heterocycles. The molecule has 0 aromatic heterocycles. The van der Waals surface area contributed by atoms with Gasteiger partial charge in [-0.2, -0.15) is 0 Å². The van der Waals surface area contributed by atoms with Crippen LogP contribution < -0.4 is 4.74 Å². The molecule has 1 aliphatic heterocycles. The van der Waals surface area contributed by atoms with Gasteiger partial charge in [-0.3, -0.25) is 0 Å². The highest BCUT2D eigenvalue weighted by molar-refractivity contribution is 5.28. The zero-order chi connectivity index (χ0) is 17.6. The van der Waals surface area contributed by atoms with Crippen LogP contribution in [-0.4, -0.2) is 18.8 Å². The third kappa shape index (κ3) is 6.16. The lowest BCUT2D eigenvalue weighted by atomic mass is 10.0. The van der Waals surface area contributed by atoms with Crippen LogP contribution >= 0.6 is 0 Å². The summed E-state index contributed by atoms with van der Waals surface area (Å²) in [5.41, 5.74) is 4.40. The lowest BCUT2D eigenvalue weighted by Gasteiger charge is -2.03. The van der Waals surface area contributed by atoms with E-state index in [0.717, 1.165) is 37.9 Å². The second kappa shape index (κ2) is 8.53. The first-order chi connectivity index (χ1) is 11.4. The van der Waals surface area contributed by atoms with Crippen LogP contribution in [0.5, 0.6) is 5.75 Å². The fraction of sp³-hybridized carbons (Fsp3) is 0.545. The third-order valence-corrected chi connectivity index (χ3v) is 4.84. The van der Waals surface area contributed by atoms with Crippen molar-refractivity contribution in [2.24, 2.45) is 0 Å². The van der Waals surface area contributed by atoms with E-state index in [-0.39, 0.29) is 5.60 Å². The van der Waals surface area contributed by atoms with Gasteiger partial charge < -0.3 is 9.47 Å². The van der Waals surface area contributed by atoms with Crippen LogP contribution in [0.25, 0.3) is 0 Å². The largest absolute Gasteiger partial charge is 0.497 e. The number of methoxy groups -OCH3 is 1. The fourth-order valence-electron chi connectivity index (χ4n) is 2.90. The summed E-state index contributed by atoms with van der Waals surface area (Å²) in [4.78, 5) is 0. The Balaban J connectivity index is 1.67. The average molecular weight is 328 g/mol. The first kappa shape index (κ1) is 18.8. The van der Waals surface area contributed by atoms with Crippen molar-refractivity contribution < 1.29 is 9.47 Å². The van der Waals surface area contributed by atoms with Crippen molar-refractivity contribution in [3.8, 4) is 5.75 Å². The van der Waals surface area contributed by atoms with E-state index in [9.17, 15) is 0 Å². The molecule has 1 unspecified atom stereocenters. The van der Waals surface area contributed by atoms with E-state index in [1.807, 2.05) is 12.1 Å². The minimum Gasteiger partial charge on any atom is -0.497 e. The molecule has 2 nitrogen and oxygen atoms in total. The highest BCUT2D eigenvalue weighted by atomic mass is 16.6. The van der Waals surface area contributed by atoms with E-state index >= 15 is 0 Å². The van der Waals surface area contributed by atoms with Crippen molar-refractivity contribution >= 4 is 0 Å². The molecule has 2 rings (SSSR count). The number of benzene rings is 1. The van der Waals surface area contributed by atoms with E-state index in [2.05, 4.69) is 52.0 Å². The first-order valence-electron chi connectivity index (χ1n) is 9.02. The Morgan fingerprint density at radius 2 is 1.71 bits per heavy atom.